The molecule has 7 nitrogen and oxygen atoms in total. The lowest BCUT2D eigenvalue weighted by molar-refractivity contribution is 0.0952. The molecule has 1 amide bonds. The van der Waals surface area contributed by atoms with Crippen LogP contribution in [0.3, 0.4) is 0 Å². The average Bonchev–Trinajstić information content (AvgIpc) is 3.38. The van der Waals surface area contributed by atoms with Crippen molar-refractivity contribution >= 4 is 46.1 Å². The first-order valence-corrected chi connectivity index (χ1v) is 11.2. The summed E-state index contributed by atoms with van der Waals surface area (Å²) in [6.45, 7) is 5.10. The second-order valence-electron chi connectivity index (χ2n) is 6.83. The molecular weight excluding hydrogens is 408 g/mol. The summed E-state index contributed by atoms with van der Waals surface area (Å²) in [6.07, 6.45) is 4.21. The number of anilines is 1. The number of amides is 1. The SMILES string of the molecule is CCSc1nc(N2CCCC2)c2cnn(CCNC(=O)c3cccc(Cl)c3)c2n1. The number of hydrogen-bond donors (Lipinski definition) is 1. The molecule has 0 bridgehead atoms. The number of rotatable bonds is 7. The van der Waals surface area contributed by atoms with Gasteiger partial charge in [0.05, 0.1) is 18.1 Å². The Morgan fingerprint density at radius 2 is 2.10 bits per heavy atom. The third kappa shape index (κ3) is 4.48. The van der Waals surface area contributed by atoms with E-state index in [0.29, 0.717) is 23.7 Å². The minimum atomic E-state index is -0.154. The Labute approximate surface area is 178 Å². The minimum absolute atomic E-state index is 0.154. The molecule has 1 aliphatic rings. The van der Waals surface area contributed by atoms with E-state index < -0.39 is 0 Å². The van der Waals surface area contributed by atoms with Gasteiger partial charge in [0.25, 0.3) is 5.91 Å². The van der Waals surface area contributed by atoms with E-state index in [4.69, 9.17) is 21.6 Å². The monoisotopic (exact) mass is 430 g/mol. The highest BCUT2D eigenvalue weighted by molar-refractivity contribution is 7.99. The zero-order valence-corrected chi connectivity index (χ0v) is 17.8. The number of nitrogens with zero attached hydrogens (tertiary/aromatic N) is 5. The lowest BCUT2D eigenvalue weighted by Gasteiger charge is -2.17. The highest BCUT2D eigenvalue weighted by atomic mass is 35.5. The van der Waals surface area contributed by atoms with E-state index in [1.165, 1.54) is 12.8 Å². The Bertz CT molecular complexity index is 1020. The molecule has 1 saturated heterocycles. The van der Waals surface area contributed by atoms with Crippen LogP contribution in [0.25, 0.3) is 11.0 Å². The van der Waals surface area contributed by atoms with Crippen LogP contribution < -0.4 is 10.2 Å². The van der Waals surface area contributed by atoms with Crippen molar-refractivity contribution in [1.82, 2.24) is 25.1 Å². The second kappa shape index (κ2) is 9.00. The van der Waals surface area contributed by atoms with Crippen molar-refractivity contribution in [2.75, 3.05) is 30.3 Å². The van der Waals surface area contributed by atoms with E-state index in [9.17, 15) is 4.79 Å². The highest BCUT2D eigenvalue weighted by Gasteiger charge is 2.20. The second-order valence-corrected chi connectivity index (χ2v) is 8.50. The van der Waals surface area contributed by atoms with E-state index in [-0.39, 0.29) is 5.91 Å². The van der Waals surface area contributed by atoms with Gasteiger partial charge in [-0.2, -0.15) is 5.10 Å². The molecule has 1 aromatic carbocycles. The number of carbonyl (C=O) groups excluding carboxylic acids is 1. The van der Waals surface area contributed by atoms with Crippen LogP contribution >= 0.6 is 23.4 Å². The van der Waals surface area contributed by atoms with Crippen LogP contribution in [0.4, 0.5) is 5.82 Å². The van der Waals surface area contributed by atoms with Crippen LogP contribution in [0.2, 0.25) is 5.02 Å². The van der Waals surface area contributed by atoms with Gasteiger partial charge < -0.3 is 10.2 Å². The molecule has 4 rings (SSSR count). The predicted octanol–water partition coefficient (Wildman–Crippen LogP) is 3.62. The Morgan fingerprint density at radius 3 is 2.86 bits per heavy atom. The molecule has 9 heteroatoms. The molecule has 0 unspecified atom stereocenters. The van der Waals surface area contributed by atoms with Gasteiger partial charge in [0.15, 0.2) is 10.8 Å². The van der Waals surface area contributed by atoms with E-state index in [1.807, 2.05) is 10.9 Å². The average molecular weight is 431 g/mol. The van der Waals surface area contributed by atoms with E-state index in [2.05, 4.69) is 22.2 Å². The summed E-state index contributed by atoms with van der Waals surface area (Å²) >= 11 is 7.59. The van der Waals surface area contributed by atoms with Crippen LogP contribution in [-0.2, 0) is 6.54 Å². The summed E-state index contributed by atoms with van der Waals surface area (Å²) in [5.74, 6) is 1.73. The normalized spacial score (nSPS) is 13.9. The summed E-state index contributed by atoms with van der Waals surface area (Å²) in [6, 6.07) is 6.91. The first kappa shape index (κ1) is 20.0. The number of nitrogens with one attached hydrogen (secondary N) is 1. The zero-order chi connectivity index (χ0) is 20.2. The van der Waals surface area contributed by atoms with Crippen molar-refractivity contribution in [3.63, 3.8) is 0 Å². The van der Waals surface area contributed by atoms with Gasteiger partial charge >= 0.3 is 0 Å². The summed E-state index contributed by atoms with van der Waals surface area (Å²) in [5.41, 5.74) is 1.36. The molecule has 1 N–H and O–H groups in total. The number of carbonyl (C=O) groups is 1. The smallest absolute Gasteiger partial charge is 0.251 e. The number of aromatic nitrogens is 4. The fourth-order valence-corrected chi connectivity index (χ4v) is 4.21. The van der Waals surface area contributed by atoms with Gasteiger partial charge in [-0.3, -0.25) is 4.79 Å². The fourth-order valence-electron chi connectivity index (χ4n) is 3.46. The number of benzene rings is 1. The molecule has 0 radical (unpaired) electrons. The van der Waals surface area contributed by atoms with Gasteiger partial charge in [-0.25, -0.2) is 14.6 Å². The predicted molar refractivity (Wildman–Crippen MR) is 117 cm³/mol. The van der Waals surface area contributed by atoms with Crippen molar-refractivity contribution in [2.45, 2.75) is 31.5 Å². The van der Waals surface area contributed by atoms with Crippen LogP contribution in [0.5, 0.6) is 0 Å². The topological polar surface area (TPSA) is 75.9 Å². The van der Waals surface area contributed by atoms with Gasteiger partial charge in [0.2, 0.25) is 0 Å². The van der Waals surface area contributed by atoms with Crippen LogP contribution in [0.15, 0.2) is 35.6 Å². The molecule has 2 aromatic heterocycles. The molecule has 29 heavy (non-hydrogen) atoms. The zero-order valence-electron chi connectivity index (χ0n) is 16.3. The maximum absolute atomic E-state index is 12.3. The fraction of sp³-hybridized carbons (Fsp3) is 0.400. The molecule has 0 spiro atoms. The molecule has 3 aromatic rings. The van der Waals surface area contributed by atoms with Crippen molar-refractivity contribution in [3.05, 3.63) is 41.0 Å². The van der Waals surface area contributed by atoms with Gasteiger partial charge in [-0.15, -0.1) is 0 Å². The summed E-state index contributed by atoms with van der Waals surface area (Å²) in [7, 11) is 0. The summed E-state index contributed by atoms with van der Waals surface area (Å²) in [5, 5.41) is 9.72. The Kier molecular flexibility index (Phi) is 6.20. The maximum Gasteiger partial charge on any atom is 0.251 e. The molecular formula is C20H23ClN6OS. The summed E-state index contributed by atoms with van der Waals surface area (Å²) < 4.78 is 1.84. The molecule has 3 heterocycles. The van der Waals surface area contributed by atoms with E-state index in [1.54, 1.807) is 36.0 Å². The molecule has 1 aliphatic heterocycles. The first-order valence-electron chi connectivity index (χ1n) is 9.81. The van der Waals surface area contributed by atoms with Crippen molar-refractivity contribution in [1.29, 1.82) is 0 Å². The largest absolute Gasteiger partial charge is 0.356 e. The maximum atomic E-state index is 12.3. The molecule has 0 saturated carbocycles. The number of thioether (sulfide) groups is 1. The molecule has 1 fully saturated rings. The van der Waals surface area contributed by atoms with Gasteiger partial charge in [0, 0.05) is 30.2 Å². The highest BCUT2D eigenvalue weighted by Crippen LogP contribution is 2.29. The number of fused-ring (bicyclic) bond motifs is 1. The molecule has 0 atom stereocenters. The third-order valence-corrected chi connectivity index (χ3v) is 5.80. The first-order chi connectivity index (χ1) is 14.2. The van der Waals surface area contributed by atoms with Gasteiger partial charge in [-0.05, 0) is 36.8 Å². The standard InChI is InChI=1S/C20H23ClN6OS/c1-2-29-20-24-17(26-9-3-4-10-26)16-13-23-27(18(16)25-20)11-8-22-19(28)14-6-5-7-15(21)12-14/h5-7,12-13H,2-4,8-11H2,1H3,(H,22,28). The molecule has 0 aliphatic carbocycles. The Morgan fingerprint density at radius 1 is 1.28 bits per heavy atom. The minimum Gasteiger partial charge on any atom is -0.356 e. The van der Waals surface area contributed by atoms with Crippen molar-refractivity contribution in [2.24, 2.45) is 0 Å². The van der Waals surface area contributed by atoms with Crippen LogP contribution in [0, 0.1) is 0 Å². The van der Waals surface area contributed by atoms with Crippen molar-refractivity contribution < 1.29 is 4.79 Å². The van der Waals surface area contributed by atoms with Crippen LogP contribution in [-0.4, -0.2) is 51.0 Å². The third-order valence-electron chi connectivity index (χ3n) is 4.83. The summed E-state index contributed by atoms with van der Waals surface area (Å²) in [4.78, 5) is 24.1. The molecule has 152 valence electrons. The van der Waals surface area contributed by atoms with Crippen molar-refractivity contribution in [3.8, 4) is 0 Å². The van der Waals surface area contributed by atoms with Gasteiger partial charge in [-0.1, -0.05) is 36.4 Å². The quantitative estimate of drug-likeness (QED) is 0.455. The number of halogens is 1. The van der Waals surface area contributed by atoms with Crippen LogP contribution in [0.1, 0.15) is 30.1 Å². The Hall–Kier alpha value is -2.32. The van der Waals surface area contributed by atoms with E-state index >= 15 is 0 Å². The lowest BCUT2D eigenvalue weighted by atomic mass is 10.2. The van der Waals surface area contributed by atoms with E-state index in [0.717, 1.165) is 40.9 Å². The van der Waals surface area contributed by atoms with Gasteiger partial charge in [0.1, 0.15) is 5.82 Å². The number of hydrogen-bond acceptors (Lipinski definition) is 6. The lowest BCUT2D eigenvalue weighted by Crippen LogP contribution is -2.27. The Balaban J connectivity index is 1.52.